The van der Waals surface area contributed by atoms with Crippen molar-refractivity contribution >= 4 is 133 Å². The van der Waals surface area contributed by atoms with Gasteiger partial charge < -0.3 is 41.6 Å². The number of carbonyl (C=O) groups is 4. The van der Waals surface area contributed by atoms with Gasteiger partial charge in [0.2, 0.25) is 40.1 Å². The zero-order chi connectivity index (χ0) is 94.0. The Hall–Kier alpha value is -11.2. The summed E-state index contributed by atoms with van der Waals surface area (Å²) in [5.41, 5.74) is 9.10. The fourth-order valence-electron chi connectivity index (χ4n) is 14.9. The van der Waals surface area contributed by atoms with Crippen molar-refractivity contribution < 1.29 is 67.9 Å². The molecule has 0 bridgehead atoms. The summed E-state index contributed by atoms with van der Waals surface area (Å²) in [6.45, 7) is 12.4. The van der Waals surface area contributed by atoms with Crippen molar-refractivity contribution in [3.63, 3.8) is 0 Å². The molecule has 7 N–H and O–H groups in total. The lowest BCUT2D eigenvalue weighted by atomic mass is 10.1. The molecule has 688 valence electrons. The zero-order valence-corrected chi connectivity index (χ0v) is 78.2. The number of hydrogen-bond donors (Lipinski definition) is 7. The first-order chi connectivity index (χ1) is 63.2. The number of anilines is 4. The number of aromatic nitrogens is 4. The van der Waals surface area contributed by atoms with E-state index in [1.165, 1.54) is 114 Å². The number of sulfonamides is 4. The molecule has 16 rings (SSSR count). The predicted octanol–water partition coefficient (Wildman–Crippen LogP) is 14.8. The second kappa shape index (κ2) is 44.6. The largest absolute Gasteiger partial charge is 0.395 e. The van der Waals surface area contributed by atoms with Gasteiger partial charge in [-0.3, -0.25) is 44.0 Å². The van der Waals surface area contributed by atoms with Gasteiger partial charge in [-0.1, -0.05) is 70.7 Å². The van der Waals surface area contributed by atoms with Crippen LogP contribution in [0.3, 0.4) is 0 Å². The fraction of sp³-hybridized carbons (Fsp3) is 0.234. The Bertz CT molecular complexity index is 6320. The summed E-state index contributed by atoms with van der Waals surface area (Å²) < 4.78 is 115. The van der Waals surface area contributed by atoms with Gasteiger partial charge in [0.05, 0.1) is 81.3 Å². The lowest BCUT2D eigenvalue weighted by molar-refractivity contribution is -0.108. The van der Waals surface area contributed by atoms with E-state index in [0.29, 0.717) is 169 Å². The number of aliphatic hydroxyl groups excluding tert-OH is 1. The monoisotopic (exact) mass is 1940 g/mol. The van der Waals surface area contributed by atoms with Gasteiger partial charge in [0.25, 0.3) is 23.6 Å². The van der Waals surface area contributed by atoms with Crippen LogP contribution < -0.4 is 26.6 Å². The Kier molecular flexibility index (Phi) is 33.2. The molecule has 0 saturated carbocycles. The van der Waals surface area contributed by atoms with Gasteiger partial charge in [-0.25, -0.2) is 33.7 Å². The van der Waals surface area contributed by atoms with Gasteiger partial charge in [-0.15, -0.1) is 0 Å². The quantitative estimate of drug-likeness (QED) is 0.0331. The molecule has 38 heteroatoms. The van der Waals surface area contributed by atoms with E-state index in [4.69, 9.17) is 56.2 Å². The summed E-state index contributed by atoms with van der Waals surface area (Å²) >= 11 is 25.2. The van der Waals surface area contributed by atoms with Crippen LogP contribution in [0.25, 0.3) is 45.0 Å². The molecule has 0 aliphatic carbocycles. The summed E-state index contributed by atoms with van der Waals surface area (Å²) in [5.74, 6) is -1.45. The number of ether oxygens (including phenoxy) is 1. The summed E-state index contributed by atoms with van der Waals surface area (Å²) in [7, 11) is -14.6. The highest BCUT2D eigenvalue weighted by atomic mass is 35.5. The molecular formula is C94H95Cl4N15O15S4. The minimum absolute atomic E-state index is 0.0523. The molecule has 0 radical (unpaired) electrons. The summed E-state index contributed by atoms with van der Waals surface area (Å²) in [6.07, 6.45) is 6.32. The minimum atomic E-state index is -3.69. The van der Waals surface area contributed by atoms with Crippen LogP contribution in [-0.4, -0.2) is 231 Å². The van der Waals surface area contributed by atoms with Crippen molar-refractivity contribution in [1.82, 2.24) is 52.4 Å². The Morgan fingerprint density at radius 1 is 0.356 bits per heavy atom. The number of hydroxylamine groups is 2. The van der Waals surface area contributed by atoms with Gasteiger partial charge in [-0.05, 0) is 246 Å². The van der Waals surface area contributed by atoms with Crippen LogP contribution in [-0.2, 0) is 44.8 Å². The lowest BCUT2D eigenvalue weighted by Gasteiger charge is -2.35. The third-order valence-electron chi connectivity index (χ3n) is 21.6. The number of rotatable bonds is 22. The van der Waals surface area contributed by atoms with E-state index >= 15 is 0 Å². The molecule has 12 aromatic rings. The van der Waals surface area contributed by atoms with Crippen molar-refractivity contribution in [2.45, 2.75) is 71.6 Å². The average molecular weight is 1940 g/mol. The highest BCUT2D eigenvalue weighted by Gasteiger charge is 2.36. The number of benzene rings is 8. The third-order valence-corrected chi connectivity index (χ3v) is 30.4. The van der Waals surface area contributed by atoms with Crippen molar-refractivity contribution in [3.8, 4) is 45.0 Å². The number of piperazine rings is 3. The van der Waals surface area contributed by atoms with E-state index < -0.39 is 40.1 Å². The number of β-amino-alcohol motifs (C(OH)–C–C–N with tert-alkyl or cyclic N) is 1. The number of nitrogens with one attached hydrogen (secondary N) is 5. The van der Waals surface area contributed by atoms with E-state index in [9.17, 15) is 58.1 Å². The molecule has 4 amide bonds. The first kappa shape index (κ1) is 98.3. The van der Waals surface area contributed by atoms with Gasteiger partial charge in [0.15, 0.2) is 0 Å². The second-order valence-corrected chi connectivity index (χ2v) is 40.6. The molecule has 30 nitrogen and oxygen atoms in total. The molecule has 4 aliphatic heterocycles. The van der Waals surface area contributed by atoms with Crippen LogP contribution in [0.5, 0.6) is 0 Å². The average Bonchev–Trinajstić information content (AvgIpc) is 0.796. The topological polar surface area (TPSA) is 386 Å². The summed E-state index contributed by atoms with van der Waals surface area (Å²) in [5, 5.41) is 36.3. The predicted molar refractivity (Wildman–Crippen MR) is 510 cm³/mol. The second-order valence-electron chi connectivity index (χ2n) is 31.2. The molecule has 4 atom stereocenters. The number of pyridine rings is 4. The molecule has 0 spiro atoms. The first-order valence-electron chi connectivity index (χ1n) is 41.9. The molecule has 132 heavy (non-hydrogen) atoms. The number of amides is 4. The Labute approximate surface area is 786 Å². The smallest absolute Gasteiger partial charge is 0.255 e. The fourth-order valence-corrected chi connectivity index (χ4v) is 21.8. The maximum atomic E-state index is 13.0. The lowest BCUT2D eigenvalue weighted by Crippen LogP contribution is -2.55. The SMILES string of the molecule is CC1CN(S(=O)(=O)c2ccc(C(=O)Nc3ccc(Cl)c(-c4ccccn4)c3)cc2)CC(C)N1.CC1CN(S(=O)(=O)c2ccc(C(=O)Nc3ccc(Cl)c(-c4ccccn4)c3)cc2)CC(C)O1.O=C(Nc1ccc(Cl)c(-c2ccccn2)c1)c1ccc(S(=O)(=O)N2CCN(CCO)CC2)cc1.O=C(Nc1ccc(Cl)c(-c2ccccn2)c1)c1ccc(S(=O)(=O)N2CCN(O)CC2)cc1. The van der Waals surface area contributed by atoms with Crippen molar-refractivity contribution in [2.24, 2.45) is 0 Å². The van der Waals surface area contributed by atoms with Crippen molar-refractivity contribution in [2.75, 3.05) is 113 Å². The van der Waals surface area contributed by atoms with Crippen molar-refractivity contribution in [3.05, 3.63) is 310 Å². The highest BCUT2D eigenvalue weighted by molar-refractivity contribution is 7.90. The number of halogens is 4. The summed E-state index contributed by atoms with van der Waals surface area (Å²) in [6, 6.07) is 66.3. The standard InChI is InChI=1S/C24H25ClN4O4S.C24H25ClN4O3S.C24H24ClN3O4S.C22H21ClN4O4S/c25-22-9-6-19(17-21(22)23-3-1-2-10-26-23)27-24(31)18-4-7-20(8-5-18)34(32,33)29-13-11-28(12-14-29)15-16-30;1-16-14-29(15-17(2)27-16)33(31,32)20-9-6-18(7-10-20)24(30)28-19-8-11-22(25)21(13-19)23-5-3-4-12-26-23;1-16-14-28(15-17(2)32-16)33(30,31)20-9-6-18(7-10-20)24(29)27-19-8-11-22(25)21(13-19)23-5-3-4-12-26-23;23-20-9-6-17(15-19(20)21-3-1-2-10-24-21)25-22(28)16-4-7-18(8-5-16)32(30,31)27-13-11-26(29)12-14-27/h1-10,17,30H,11-16H2,(H,27,31);3-13,16-17,27H,14-15H2,1-2H3,(H,28,30);3-13,16-17H,14-15H2,1-2H3,(H,27,29);1-10,15,29H,11-14H2,(H,25,28). The normalized spacial score (nSPS) is 17.3. The van der Waals surface area contributed by atoms with Crippen LogP contribution in [0, 0.1) is 0 Å². The van der Waals surface area contributed by atoms with Gasteiger partial charge in [-0.2, -0.15) is 22.3 Å². The van der Waals surface area contributed by atoms with E-state index in [-0.39, 0.29) is 100 Å². The number of hydrogen-bond acceptors (Lipinski definition) is 22. The molecule has 4 saturated heterocycles. The first-order valence-corrected chi connectivity index (χ1v) is 49.2. The van der Waals surface area contributed by atoms with Gasteiger partial charge in [0.1, 0.15) is 0 Å². The van der Waals surface area contributed by atoms with E-state index in [1.54, 1.807) is 104 Å². The molecule has 4 unspecified atom stereocenters. The van der Waals surface area contributed by atoms with Crippen LogP contribution in [0.1, 0.15) is 69.1 Å². The Morgan fingerprint density at radius 2 is 0.614 bits per heavy atom. The van der Waals surface area contributed by atoms with Crippen LogP contribution in [0.15, 0.2) is 287 Å². The zero-order valence-electron chi connectivity index (χ0n) is 71.9. The van der Waals surface area contributed by atoms with Gasteiger partial charge in [0, 0.05) is 189 Å². The van der Waals surface area contributed by atoms with Crippen LogP contribution >= 0.6 is 46.4 Å². The number of morpholine rings is 1. The minimum Gasteiger partial charge on any atom is -0.395 e. The third kappa shape index (κ3) is 25.2. The van der Waals surface area contributed by atoms with Crippen LogP contribution in [0.4, 0.5) is 22.7 Å². The Morgan fingerprint density at radius 3 is 0.871 bits per heavy atom. The molecular weight excluding hydrogens is 1850 g/mol. The number of aliphatic hydroxyl groups is 1. The van der Waals surface area contributed by atoms with E-state index in [0.717, 1.165) is 5.06 Å². The van der Waals surface area contributed by atoms with Crippen LogP contribution in [0.2, 0.25) is 20.1 Å². The maximum Gasteiger partial charge on any atom is 0.255 e. The van der Waals surface area contributed by atoms with Crippen molar-refractivity contribution in [1.29, 1.82) is 0 Å². The van der Waals surface area contributed by atoms with E-state index in [2.05, 4.69) is 46.5 Å². The molecule has 8 heterocycles. The number of nitrogens with zero attached hydrogens (tertiary/aromatic N) is 10. The van der Waals surface area contributed by atoms with Gasteiger partial charge >= 0.3 is 0 Å². The molecule has 8 aromatic carbocycles. The highest BCUT2D eigenvalue weighted by Crippen LogP contribution is 2.36. The molecule has 4 aromatic heterocycles. The van der Waals surface area contributed by atoms with E-state index in [1.807, 2.05) is 99.3 Å². The maximum absolute atomic E-state index is 13.0. The molecule has 4 fully saturated rings. The Balaban J connectivity index is 0.000000150. The number of carbonyl (C=O) groups excluding carboxylic acids is 4. The summed E-state index contributed by atoms with van der Waals surface area (Å²) in [4.78, 5) is 70.8. The molecule has 4 aliphatic rings.